The molecule has 2 aromatic rings. The van der Waals surface area contributed by atoms with E-state index in [1.807, 2.05) is 6.92 Å². The molecule has 96 valence electrons. The monoisotopic (exact) mass is 247 g/mol. The second-order valence-electron chi connectivity index (χ2n) is 5.05. The average Bonchev–Trinajstić information content (AvgIpc) is 2.69. The lowest BCUT2D eigenvalue weighted by Crippen LogP contribution is -2.26. The summed E-state index contributed by atoms with van der Waals surface area (Å²) in [5.41, 5.74) is 7.09. The number of H-pyrrole nitrogens is 1. The van der Waals surface area contributed by atoms with Gasteiger partial charge in [-0.1, -0.05) is 0 Å². The van der Waals surface area contributed by atoms with E-state index in [1.54, 1.807) is 4.52 Å². The number of aryl methyl sites for hydroxylation is 1. The molecule has 0 atom stereocenters. The van der Waals surface area contributed by atoms with E-state index in [0.29, 0.717) is 17.5 Å². The fourth-order valence-corrected chi connectivity index (χ4v) is 2.77. The quantitative estimate of drug-likeness (QED) is 0.776. The van der Waals surface area contributed by atoms with Crippen LogP contribution in [0.3, 0.4) is 0 Å². The summed E-state index contributed by atoms with van der Waals surface area (Å²) in [7, 11) is 0. The lowest BCUT2D eigenvalue weighted by molar-refractivity contribution is 0.381. The Morgan fingerprint density at radius 1 is 1.39 bits per heavy atom. The molecule has 1 saturated carbocycles. The number of nitrogens with one attached hydrogen (secondary N) is 1. The Kier molecular flexibility index (Phi) is 2.66. The van der Waals surface area contributed by atoms with Crippen molar-refractivity contribution in [1.29, 1.82) is 0 Å². The third-order valence-corrected chi connectivity index (χ3v) is 3.77. The van der Waals surface area contributed by atoms with Crippen LogP contribution in [0.4, 0.5) is 0 Å². The standard InChI is InChI=1S/C12H17N5O/c1-7-10-12(18)14-6-15-17(10)11(16-7)8-2-4-9(13)5-3-8/h6,8-9H,2-5,13H2,1H3,(H,14,15,18). The molecule has 0 aliphatic heterocycles. The summed E-state index contributed by atoms with van der Waals surface area (Å²) in [6.45, 7) is 1.85. The fraction of sp³-hybridized carbons (Fsp3) is 0.583. The van der Waals surface area contributed by atoms with E-state index in [2.05, 4.69) is 15.1 Å². The van der Waals surface area contributed by atoms with Gasteiger partial charge in [0.1, 0.15) is 12.2 Å². The predicted molar refractivity (Wildman–Crippen MR) is 67.5 cm³/mol. The molecule has 18 heavy (non-hydrogen) atoms. The maximum absolute atomic E-state index is 11.8. The SMILES string of the molecule is Cc1nc(C2CCC(N)CC2)n2nc[nH]c(=O)c12. The molecule has 2 aromatic heterocycles. The van der Waals surface area contributed by atoms with Crippen molar-refractivity contribution >= 4 is 5.52 Å². The number of hydrogen-bond acceptors (Lipinski definition) is 4. The predicted octanol–water partition coefficient (Wildman–Crippen LogP) is 0.711. The van der Waals surface area contributed by atoms with E-state index in [-0.39, 0.29) is 5.56 Å². The van der Waals surface area contributed by atoms with Gasteiger partial charge in [0.25, 0.3) is 5.56 Å². The molecule has 0 bridgehead atoms. The van der Waals surface area contributed by atoms with E-state index in [1.165, 1.54) is 6.33 Å². The van der Waals surface area contributed by atoms with E-state index >= 15 is 0 Å². The Hall–Kier alpha value is -1.69. The molecule has 1 aliphatic rings. The fourth-order valence-electron chi connectivity index (χ4n) is 2.77. The highest BCUT2D eigenvalue weighted by molar-refractivity contribution is 5.49. The van der Waals surface area contributed by atoms with E-state index < -0.39 is 0 Å². The van der Waals surface area contributed by atoms with Gasteiger partial charge >= 0.3 is 0 Å². The molecule has 0 aromatic carbocycles. The maximum Gasteiger partial charge on any atom is 0.277 e. The van der Waals surface area contributed by atoms with Crippen LogP contribution in [0.1, 0.15) is 43.1 Å². The van der Waals surface area contributed by atoms with Crippen molar-refractivity contribution in [2.75, 3.05) is 0 Å². The normalized spacial score (nSPS) is 24.6. The van der Waals surface area contributed by atoms with Crippen molar-refractivity contribution in [2.45, 2.75) is 44.6 Å². The number of nitrogens with zero attached hydrogens (tertiary/aromatic N) is 3. The minimum absolute atomic E-state index is 0.131. The number of fused-ring (bicyclic) bond motifs is 1. The van der Waals surface area contributed by atoms with Crippen LogP contribution in [-0.2, 0) is 0 Å². The Morgan fingerprint density at radius 3 is 2.83 bits per heavy atom. The second-order valence-corrected chi connectivity index (χ2v) is 5.05. The summed E-state index contributed by atoms with van der Waals surface area (Å²) >= 11 is 0. The summed E-state index contributed by atoms with van der Waals surface area (Å²) in [4.78, 5) is 18.9. The first-order valence-electron chi connectivity index (χ1n) is 6.35. The lowest BCUT2D eigenvalue weighted by atomic mass is 9.86. The second kappa shape index (κ2) is 4.20. The number of aromatic amines is 1. The zero-order chi connectivity index (χ0) is 12.7. The van der Waals surface area contributed by atoms with Crippen molar-refractivity contribution < 1.29 is 0 Å². The van der Waals surface area contributed by atoms with Crippen LogP contribution in [0, 0.1) is 6.92 Å². The van der Waals surface area contributed by atoms with Gasteiger partial charge in [-0.25, -0.2) is 9.50 Å². The molecule has 1 aliphatic carbocycles. The van der Waals surface area contributed by atoms with Gasteiger partial charge in [0, 0.05) is 12.0 Å². The van der Waals surface area contributed by atoms with Crippen LogP contribution in [0.5, 0.6) is 0 Å². The zero-order valence-corrected chi connectivity index (χ0v) is 10.4. The minimum Gasteiger partial charge on any atom is -0.328 e. The third kappa shape index (κ3) is 1.73. The highest BCUT2D eigenvalue weighted by Gasteiger charge is 2.25. The molecule has 0 radical (unpaired) electrons. The molecule has 6 heteroatoms. The third-order valence-electron chi connectivity index (χ3n) is 3.77. The van der Waals surface area contributed by atoms with Gasteiger partial charge in [-0.05, 0) is 32.6 Å². The smallest absolute Gasteiger partial charge is 0.277 e. The Morgan fingerprint density at radius 2 is 2.11 bits per heavy atom. The summed E-state index contributed by atoms with van der Waals surface area (Å²) in [6.07, 6.45) is 5.50. The topological polar surface area (TPSA) is 89.1 Å². The van der Waals surface area contributed by atoms with Gasteiger partial charge < -0.3 is 10.7 Å². The number of nitrogens with two attached hydrogens (primary N) is 1. The molecule has 3 rings (SSSR count). The number of aromatic nitrogens is 4. The molecule has 3 N–H and O–H groups in total. The van der Waals surface area contributed by atoms with Gasteiger partial charge in [-0.2, -0.15) is 5.10 Å². The summed E-state index contributed by atoms with van der Waals surface area (Å²) in [6, 6.07) is 0.310. The average molecular weight is 247 g/mol. The maximum atomic E-state index is 11.8. The number of hydrogen-bond donors (Lipinski definition) is 2. The van der Waals surface area contributed by atoms with Gasteiger partial charge in [-0.15, -0.1) is 0 Å². The first kappa shape index (κ1) is 11.4. The highest BCUT2D eigenvalue weighted by Crippen LogP contribution is 2.31. The minimum atomic E-state index is -0.131. The van der Waals surface area contributed by atoms with Gasteiger partial charge in [0.15, 0.2) is 5.52 Å². The van der Waals surface area contributed by atoms with Crippen LogP contribution in [0.25, 0.3) is 5.52 Å². The highest BCUT2D eigenvalue weighted by atomic mass is 16.1. The Balaban J connectivity index is 2.08. The number of imidazole rings is 1. The van der Waals surface area contributed by atoms with Crippen LogP contribution < -0.4 is 11.3 Å². The summed E-state index contributed by atoms with van der Waals surface area (Å²) in [5, 5.41) is 4.22. The molecule has 6 nitrogen and oxygen atoms in total. The molecular formula is C12H17N5O. The zero-order valence-electron chi connectivity index (χ0n) is 10.4. The van der Waals surface area contributed by atoms with Crippen LogP contribution >= 0.6 is 0 Å². The van der Waals surface area contributed by atoms with Crippen molar-refractivity contribution in [3.05, 3.63) is 28.2 Å². The van der Waals surface area contributed by atoms with Gasteiger partial charge in [0.05, 0.1) is 5.69 Å². The van der Waals surface area contributed by atoms with Gasteiger partial charge in [-0.3, -0.25) is 4.79 Å². The largest absolute Gasteiger partial charge is 0.328 e. The van der Waals surface area contributed by atoms with E-state index in [4.69, 9.17) is 5.73 Å². The van der Waals surface area contributed by atoms with E-state index in [9.17, 15) is 4.79 Å². The molecule has 0 amide bonds. The van der Waals surface area contributed by atoms with Crippen molar-refractivity contribution in [1.82, 2.24) is 19.6 Å². The van der Waals surface area contributed by atoms with Gasteiger partial charge in [0.2, 0.25) is 0 Å². The molecule has 0 spiro atoms. The van der Waals surface area contributed by atoms with Crippen LogP contribution in [-0.4, -0.2) is 25.6 Å². The summed E-state index contributed by atoms with van der Waals surface area (Å²) < 4.78 is 1.69. The van der Waals surface area contributed by atoms with Crippen LogP contribution in [0.15, 0.2) is 11.1 Å². The van der Waals surface area contributed by atoms with Crippen LogP contribution in [0.2, 0.25) is 0 Å². The first-order valence-corrected chi connectivity index (χ1v) is 6.35. The first-order chi connectivity index (χ1) is 8.66. The van der Waals surface area contributed by atoms with Crippen molar-refractivity contribution in [3.8, 4) is 0 Å². The Bertz CT molecular complexity index is 621. The lowest BCUT2D eigenvalue weighted by Gasteiger charge is -2.24. The van der Waals surface area contributed by atoms with Crippen molar-refractivity contribution in [2.24, 2.45) is 5.73 Å². The number of rotatable bonds is 1. The molecule has 0 saturated heterocycles. The Labute approximate surface area is 104 Å². The van der Waals surface area contributed by atoms with E-state index in [0.717, 1.165) is 37.2 Å². The molecular weight excluding hydrogens is 230 g/mol. The molecule has 2 heterocycles. The summed E-state index contributed by atoms with van der Waals surface area (Å²) in [5.74, 6) is 1.26. The van der Waals surface area contributed by atoms with Crippen molar-refractivity contribution in [3.63, 3.8) is 0 Å². The molecule has 0 unspecified atom stereocenters. The molecule has 1 fully saturated rings.